The molecule has 7 heteroatoms. The number of nitrogens with one attached hydrogen (secondary N) is 1. The van der Waals surface area contributed by atoms with Gasteiger partial charge in [0.2, 0.25) is 5.91 Å². The normalized spacial score (nSPS) is 11.9. The average Bonchev–Trinajstić information content (AvgIpc) is 3.05. The minimum Gasteiger partial charge on any atom is -0.325 e. The van der Waals surface area contributed by atoms with Crippen LogP contribution in [0.2, 0.25) is 0 Å². The van der Waals surface area contributed by atoms with Gasteiger partial charge in [-0.3, -0.25) is 9.36 Å². The summed E-state index contributed by atoms with van der Waals surface area (Å²) >= 11 is 4.75. The van der Waals surface area contributed by atoms with Crippen LogP contribution in [-0.2, 0) is 4.79 Å². The van der Waals surface area contributed by atoms with Crippen LogP contribution >= 0.6 is 27.7 Å². The Balaban J connectivity index is 1.69. The van der Waals surface area contributed by atoms with Crippen LogP contribution in [-0.4, -0.2) is 25.9 Å². The van der Waals surface area contributed by atoms with Gasteiger partial charge in [-0.05, 0) is 43.3 Å². The fourth-order valence-corrected chi connectivity index (χ4v) is 3.17. The van der Waals surface area contributed by atoms with Crippen molar-refractivity contribution >= 4 is 39.3 Å². The molecule has 1 atom stereocenters. The van der Waals surface area contributed by atoms with E-state index in [1.54, 1.807) is 6.33 Å². The molecular formula is C17H15BrN4OS. The summed E-state index contributed by atoms with van der Waals surface area (Å²) in [5.74, 6) is -0.0788. The van der Waals surface area contributed by atoms with E-state index in [2.05, 4.69) is 31.4 Å². The Bertz CT molecular complexity index is 820. The van der Waals surface area contributed by atoms with Crippen LogP contribution in [0.1, 0.15) is 6.92 Å². The van der Waals surface area contributed by atoms with E-state index in [0.717, 1.165) is 15.8 Å². The minimum atomic E-state index is -0.305. The predicted octanol–water partition coefficient (Wildman–Crippen LogP) is 4.15. The molecule has 3 aromatic rings. The number of nitrogens with zero attached hydrogens (tertiary/aromatic N) is 3. The van der Waals surface area contributed by atoms with Gasteiger partial charge in [-0.25, -0.2) is 0 Å². The van der Waals surface area contributed by atoms with E-state index in [9.17, 15) is 4.79 Å². The first-order valence-corrected chi connectivity index (χ1v) is 8.99. The lowest BCUT2D eigenvalue weighted by molar-refractivity contribution is -0.115. The molecule has 0 aliphatic rings. The van der Waals surface area contributed by atoms with Crippen LogP contribution in [0.25, 0.3) is 5.69 Å². The Kier molecular flexibility index (Phi) is 5.32. The smallest absolute Gasteiger partial charge is 0.237 e. The number of hydrogen-bond donors (Lipinski definition) is 1. The van der Waals surface area contributed by atoms with Crippen molar-refractivity contribution < 1.29 is 4.79 Å². The van der Waals surface area contributed by atoms with E-state index in [4.69, 9.17) is 0 Å². The highest BCUT2D eigenvalue weighted by molar-refractivity contribution is 9.10. The third-order valence-corrected chi connectivity index (χ3v) is 4.90. The summed E-state index contributed by atoms with van der Waals surface area (Å²) in [6.45, 7) is 1.85. The van der Waals surface area contributed by atoms with Crippen molar-refractivity contribution in [2.24, 2.45) is 0 Å². The summed E-state index contributed by atoms with van der Waals surface area (Å²) in [5.41, 5.74) is 1.73. The molecule has 3 rings (SSSR count). The molecule has 1 N–H and O–H groups in total. The summed E-state index contributed by atoms with van der Waals surface area (Å²) in [6.07, 6.45) is 1.65. The van der Waals surface area contributed by atoms with Crippen LogP contribution in [0.5, 0.6) is 0 Å². The second kappa shape index (κ2) is 7.63. The average molecular weight is 403 g/mol. The van der Waals surface area contributed by atoms with Gasteiger partial charge in [0.05, 0.1) is 5.25 Å². The minimum absolute atomic E-state index is 0.0788. The number of para-hydroxylation sites is 1. The molecule has 0 bridgehead atoms. The van der Waals surface area contributed by atoms with Gasteiger partial charge in [0.25, 0.3) is 0 Å². The van der Waals surface area contributed by atoms with Crippen LogP contribution in [0.3, 0.4) is 0 Å². The number of amides is 1. The topological polar surface area (TPSA) is 59.8 Å². The molecular weight excluding hydrogens is 388 g/mol. The number of carbonyl (C=O) groups excluding carboxylic acids is 1. The van der Waals surface area contributed by atoms with Gasteiger partial charge in [0.1, 0.15) is 6.33 Å². The highest BCUT2D eigenvalue weighted by Crippen LogP contribution is 2.25. The predicted molar refractivity (Wildman–Crippen MR) is 99.4 cm³/mol. The monoisotopic (exact) mass is 402 g/mol. The third kappa shape index (κ3) is 4.04. The molecule has 122 valence electrons. The van der Waals surface area contributed by atoms with E-state index in [0.29, 0.717) is 5.16 Å². The zero-order chi connectivity index (χ0) is 16.9. The first-order chi connectivity index (χ1) is 11.6. The van der Waals surface area contributed by atoms with E-state index in [1.807, 2.05) is 66.1 Å². The van der Waals surface area contributed by atoms with Gasteiger partial charge in [-0.2, -0.15) is 0 Å². The van der Waals surface area contributed by atoms with Crippen molar-refractivity contribution in [2.45, 2.75) is 17.3 Å². The third-order valence-electron chi connectivity index (χ3n) is 3.31. The number of anilines is 1. The van der Waals surface area contributed by atoms with Crippen molar-refractivity contribution in [1.82, 2.24) is 14.8 Å². The number of benzene rings is 2. The highest BCUT2D eigenvalue weighted by atomic mass is 79.9. The van der Waals surface area contributed by atoms with Crippen molar-refractivity contribution in [2.75, 3.05) is 5.32 Å². The molecule has 0 saturated heterocycles. The number of rotatable bonds is 5. The van der Waals surface area contributed by atoms with Crippen LogP contribution in [0.15, 0.2) is 70.6 Å². The van der Waals surface area contributed by atoms with Gasteiger partial charge in [-0.15, -0.1) is 10.2 Å². The van der Waals surface area contributed by atoms with E-state index in [-0.39, 0.29) is 11.2 Å². The van der Waals surface area contributed by atoms with E-state index < -0.39 is 0 Å². The molecule has 1 heterocycles. The molecule has 0 fully saturated rings. The van der Waals surface area contributed by atoms with Crippen LogP contribution in [0.4, 0.5) is 5.69 Å². The summed E-state index contributed by atoms with van der Waals surface area (Å²) in [7, 11) is 0. The Morgan fingerprint density at radius 2 is 1.88 bits per heavy atom. The first kappa shape index (κ1) is 16.7. The fraction of sp³-hybridized carbons (Fsp3) is 0.118. The summed E-state index contributed by atoms with van der Waals surface area (Å²) in [4.78, 5) is 12.4. The van der Waals surface area contributed by atoms with Crippen molar-refractivity contribution in [3.8, 4) is 5.69 Å². The lowest BCUT2D eigenvalue weighted by atomic mass is 10.3. The molecule has 24 heavy (non-hydrogen) atoms. The van der Waals surface area contributed by atoms with Crippen LogP contribution < -0.4 is 5.32 Å². The Hall–Kier alpha value is -2.12. The van der Waals surface area contributed by atoms with E-state index >= 15 is 0 Å². The molecule has 5 nitrogen and oxygen atoms in total. The summed E-state index contributed by atoms with van der Waals surface area (Å²) in [5, 5.41) is 11.4. The number of halogens is 1. The number of carbonyl (C=O) groups is 1. The zero-order valence-corrected chi connectivity index (χ0v) is 15.3. The highest BCUT2D eigenvalue weighted by Gasteiger charge is 2.18. The molecule has 0 saturated carbocycles. The lowest BCUT2D eigenvalue weighted by Gasteiger charge is -2.12. The molecule has 0 aliphatic carbocycles. The maximum atomic E-state index is 12.4. The summed E-state index contributed by atoms with van der Waals surface area (Å²) < 4.78 is 2.84. The molecule has 1 aromatic heterocycles. The second-order valence-corrected chi connectivity index (χ2v) is 7.30. The molecule has 0 radical (unpaired) electrons. The first-order valence-electron chi connectivity index (χ1n) is 7.32. The SMILES string of the molecule is C[C@H](Sc1nncn1-c1ccccc1)C(=O)Nc1ccc(Br)cc1. The van der Waals surface area contributed by atoms with Crippen LogP contribution in [0, 0.1) is 0 Å². The second-order valence-electron chi connectivity index (χ2n) is 5.08. The van der Waals surface area contributed by atoms with Gasteiger partial charge < -0.3 is 5.32 Å². The molecule has 2 aromatic carbocycles. The van der Waals surface area contributed by atoms with Gasteiger partial charge in [0, 0.05) is 15.8 Å². The zero-order valence-electron chi connectivity index (χ0n) is 12.9. The van der Waals surface area contributed by atoms with Gasteiger partial charge in [0.15, 0.2) is 5.16 Å². The standard InChI is InChI=1S/C17H15BrN4OS/c1-12(16(23)20-14-9-7-13(18)8-10-14)24-17-21-19-11-22(17)15-5-3-2-4-6-15/h2-12H,1H3,(H,20,23)/t12-/m0/s1. The fourth-order valence-electron chi connectivity index (χ4n) is 2.06. The molecule has 0 aliphatic heterocycles. The largest absolute Gasteiger partial charge is 0.325 e. The van der Waals surface area contributed by atoms with Crippen molar-refractivity contribution in [3.05, 3.63) is 65.4 Å². The van der Waals surface area contributed by atoms with Crippen molar-refractivity contribution in [1.29, 1.82) is 0 Å². The number of aromatic nitrogens is 3. The molecule has 0 spiro atoms. The molecule has 0 unspecified atom stereocenters. The number of hydrogen-bond acceptors (Lipinski definition) is 4. The lowest BCUT2D eigenvalue weighted by Crippen LogP contribution is -2.22. The number of thioether (sulfide) groups is 1. The maximum Gasteiger partial charge on any atom is 0.237 e. The maximum absolute atomic E-state index is 12.4. The molecule has 1 amide bonds. The Morgan fingerprint density at radius 3 is 2.58 bits per heavy atom. The Morgan fingerprint density at radius 1 is 1.17 bits per heavy atom. The van der Waals surface area contributed by atoms with E-state index in [1.165, 1.54) is 11.8 Å². The van der Waals surface area contributed by atoms with Gasteiger partial charge >= 0.3 is 0 Å². The van der Waals surface area contributed by atoms with Gasteiger partial charge in [-0.1, -0.05) is 45.9 Å². The van der Waals surface area contributed by atoms with Crippen molar-refractivity contribution in [3.63, 3.8) is 0 Å². The quantitative estimate of drug-likeness (QED) is 0.651. The summed E-state index contributed by atoms with van der Waals surface area (Å²) in [6, 6.07) is 17.3. The Labute approximate surface area is 152 Å².